The minimum Gasteiger partial charge on any atom is -0.399 e. The number of benzene rings is 1. The molecule has 4 nitrogen and oxygen atoms in total. The van der Waals surface area contributed by atoms with Crippen molar-refractivity contribution in [3.63, 3.8) is 0 Å². The molecular weight excluding hydrogens is 296 g/mol. The Bertz CT molecular complexity index is 777. The normalized spacial score (nSPS) is 11.2. The highest BCUT2D eigenvalue weighted by molar-refractivity contribution is 6.31. The van der Waals surface area contributed by atoms with Crippen LogP contribution in [0.25, 0.3) is 11.2 Å². The first-order chi connectivity index (χ1) is 10.7. The molecule has 5 heteroatoms. The molecule has 3 rings (SSSR count). The summed E-state index contributed by atoms with van der Waals surface area (Å²) in [5.41, 5.74) is 9.45. The van der Waals surface area contributed by atoms with Gasteiger partial charge in [0.1, 0.15) is 11.3 Å². The molecule has 114 valence electrons. The molecule has 2 heterocycles. The van der Waals surface area contributed by atoms with E-state index in [4.69, 9.17) is 22.3 Å². The van der Waals surface area contributed by atoms with Gasteiger partial charge in [-0.2, -0.15) is 0 Å². The average Bonchev–Trinajstić information content (AvgIpc) is 2.84. The number of nitrogens with zero attached hydrogens (tertiary/aromatic N) is 3. The lowest BCUT2D eigenvalue weighted by Crippen LogP contribution is -2.06. The quantitative estimate of drug-likeness (QED) is 0.723. The second-order valence-electron chi connectivity index (χ2n) is 5.46. The molecule has 22 heavy (non-hydrogen) atoms. The van der Waals surface area contributed by atoms with E-state index in [1.165, 1.54) is 5.56 Å². The van der Waals surface area contributed by atoms with Crippen molar-refractivity contribution in [3.05, 3.63) is 52.9 Å². The van der Waals surface area contributed by atoms with Gasteiger partial charge < -0.3 is 10.3 Å². The molecular formula is C17H19ClN4. The van der Waals surface area contributed by atoms with Crippen LogP contribution in [-0.2, 0) is 13.0 Å². The van der Waals surface area contributed by atoms with Crippen molar-refractivity contribution in [2.75, 3.05) is 5.73 Å². The zero-order valence-electron chi connectivity index (χ0n) is 12.6. The molecule has 0 bridgehead atoms. The average molecular weight is 315 g/mol. The first-order valence-corrected chi connectivity index (χ1v) is 7.90. The topological polar surface area (TPSA) is 56.7 Å². The minimum atomic E-state index is 0.617. The number of fused-ring (bicyclic) bond motifs is 1. The van der Waals surface area contributed by atoms with Crippen molar-refractivity contribution in [1.29, 1.82) is 0 Å². The summed E-state index contributed by atoms with van der Waals surface area (Å²) >= 11 is 6.04. The zero-order valence-corrected chi connectivity index (χ0v) is 13.3. The van der Waals surface area contributed by atoms with Gasteiger partial charge >= 0.3 is 0 Å². The molecule has 0 aliphatic carbocycles. The van der Waals surface area contributed by atoms with Crippen LogP contribution in [0.15, 0.2) is 36.5 Å². The molecule has 0 amide bonds. The van der Waals surface area contributed by atoms with Crippen LogP contribution < -0.4 is 5.73 Å². The van der Waals surface area contributed by atoms with Gasteiger partial charge in [0, 0.05) is 18.3 Å². The smallest absolute Gasteiger partial charge is 0.160 e. The SMILES string of the molecule is CCCCc1nc2cc(Cl)cnc2n1Cc1ccc(N)cc1. The van der Waals surface area contributed by atoms with Crippen LogP contribution in [0, 0.1) is 0 Å². The van der Waals surface area contributed by atoms with E-state index in [2.05, 4.69) is 16.5 Å². The Kier molecular flexibility index (Phi) is 4.29. The van der Waals surface area contributed by atoms with Gasteiger partial charge in [-0.3, -0.25) is 0 Å². The summed E-state index contributed by atoms with van der Waals surface area (Å²) in [5.74, 6) is 1.06. The Labute approximate surface area is 134 Å². The van der Waals surface area contributed by atoms with Crippen molar-refractivity contribution >= 4 is 28.5 Å². The summed E-state index contributed by atoms with van der Waals surface area (Å²) in [5, 5.41) is 0.617. The number of rotatable bonds is 5. The van der Waals surface area contributed by atoms with E-state index >= 15 is 0 Å². The number of unbranched alkanes of at least 4 members (excludes halogenated alkanes) is 1. The maximum absolute atomic E-state index is 6.04. The van der Waals surface area contributed by atoms with Gasteiger partial charge in [0.15, 0.2) is 5.65 Å². The number of aryl methyl sites for hydroxylation is 1. The van der Waals surface area contributed by atoms with Crippen molar-refractivity contribution in [3.8, 4) is 0 Å². The first kappa shape index (κ1) is 14.9. The first-order valence-electron chi connectivity index (χ1n) is 7.52. The van der Waals surface area contributed by atoms with Gasteiger partial charge in [0.2, 0.25) is 0 Å². The Balaban J connectivity index is 2.02. The predicted molar refractivity (Wildman–Crippen MR) is 91.1 cm³/mol. The number of halogens is 1. The molecule has 1 aromatic carbocycles. The third-order valence-corrected chi connectivity index (χ3v) is 3.91. The van der Waals surface area contributed by atoms with Crippen LogP contribution in [-0.4, -0.2) is 14.5 Å². The van der Waals surface area contributed by atoms with Crippen molar-refractivity contribution in [1.82, 2.24) is 14.5 Å². The lowest BCUT2D eigenvalue weighted by Gasteiger charge is -2.09. The van der Waals surface area contributed by atoms with E-state index < -0.39 is 0 Å². The fraction of sp³-hybridized carbons (Fsp3) is 0.294. The lowest BCUT2D eigenvalue weighted by molar-refractivity contribution is 0.686. The summed E-state index contributed by atoms with van der Waals surface area (Å²) in [4.78, 5) is 9.18. The molecule has 0 radical (unpaired) electrons. The van der Waals surface area contributed by atoms with Crippen LogP contribution >= 0.6 is 11.6 Å². The largest absolute Gasteiger partial charge is 0.399 e. The number of pyridine rings is 1. The second kappa shape index (κ2) is 6.36. The molecule has 0 spiro atoms. The van der Waals surface area contributed by atoms with Crippen molar-refractivity contribution in [2.24, 2.45) is 0 Å². The number of imidazole rings is 1. The summed E-state index contributed by atoms with van der Waals surface area (Å²) in [6, 6.07) is 9.80. The number of anilines is 1. The standard InChI is InChI=1S/C17H19ClN4/c1-2-3-4-16-21-15-9-13(18)10-20-17(15)22(16)11-12-5-7-14(19)8-6-12/h5-10H,2-4,11,19H2,1H3. The van der Waals surface area contributed by atoms with Gasteiger partial charge in [0.05, 0.1) is 11.6 Å². The van der Waals surface area contributed by atoms with E-state index in [1.54, 1.807) is 6.20 Å². The van der Waals surface area contributed by atoms with E-state index in [0.717, 1.165) is 48.5 Å². The van der Waals surface area contributed by atoms with Gasteiger partial charge in [-0.15, -0.1) is 0 Å². The number of nitrogen functional groups attached to an aromatic ring is 1. The molecule has 0 unspecified atom stereocenters. The van der Waals surface area contributed by atoms with Gasteiger partial charge in [-0.25, -0.2) is 9.97 Å². The molecule has 3 aromatic rings. The molecule has 2 aromatic heterocycles. The van der Waals surface area contributed by atoms with Crippen molar-refractivity contribution < 1.29 is 0 Å². The molecule has 0 aliphatic rings. The van der Waals surface area contributed by atoms with Crippen LogP contribution in [0.3, 0.4) is 0 Å². The fourth-order valence-electron chi connectivity index (χ4n) is 2.53. The number of aromatic nitrogens is 3. The van der Waals surface area contributed by atoms with Crippen LogP contribution in [0.4, 0.5) is 5.69 Å². The highest BCUT2D eigenvalue weighted by Gasteiger charge is 2.12. The Morgan fingerprint density at radius 1 is 1.23 bits per heavy atom. The molecule has 0 saturated heterocycles. The summed E-state index contributed by atoms with van der Waals surface area (Å²) in [7, 11) is 0. The van der Waals surface area contributed by atoms with Crippen LogP contribution in [0.5, 0.6) is 0 Å². The molecule has 0 atom stereocenters. The zero-order chi connectivity index (χ0) is 15.5. The maximum atomic E-state index is 6.04. The summed E-state index contributed by atoms with van der Waals surface area (Å²) in [6.07, 6.45) is 4.87. The number of hydrogen-bond donors (Lipinski definition) is 1. The lowest BCUT2D eigenvalue weighted by atomic mass is 10.2. The summed E-state index contributed by atoms with van der Waals surface area (Å²) in [6.45, 7) is 2.92. The van der Waals surface area contributed by atoms with Gasteiger partial charge in [0.25, 0.3) is 0 Å². The van der Waals surface area contributed by atoms with Crippen LogP contribution in [0.1, 0.15) is 31.2 Å². The Morgan fingerprint density at radius 2 is 2.00 bits per heavy atom. The van der Waals surface area contributed by atoms with Crippen LogP contribution in [0.2, 0.25) is 5.02 Å². The monoisotopic (exact) mass is 314 g/mol. The van der Waals surface area contributed by atoms with Gasteiger partial charge in [-0.05, 0) is 30.2 Å². The molecule has 0 fully saturated rings. The molecule has 0 saturated carbocycles. The highest BCUT2D eigenvalue weighted by Crippen LogP contribution is 2.21. The molecule has 0 aliphatic heterocycles. The van der Waals surface area contributed by atoms with E-state index in [0.29, 0.717) is 5.02 Å². The number of hydrogen-bond acceptors (Lipinski definition) is 3. The Morgan fingerprint density at radius 3 is 2.73 bits per heavy atom. The third-order valence-electron chi connectivity index (χ3n) is 3.70. The highest BCUT2D eigenvalue weighted by atomic mass is 35.5. The Hall–Kier alpha value is -2.07. The third kappa shape index (κ3) is 3.07. The van der Waals surface area contributed by atoms with Crippen molar-refractivity contribution in [2.45, 2.75) is 32.7 Å². The summed E-state index contributed by atoms with van der Waals surface area (Å²) < 4.78 is 2.17. The molecule has 2 N–H and O–H groups in total. The maximum Gasteiger partial charge on any atom is 0.160 e. The predicted octanol–water partition coefficient (Wildman–Crippen LogP) is 4.06. The van der Waals surface area contributed by atoms with Gasteiger partial charge in [-0.1, -0.05) is 37.1 Å². The fourth-order valence-corrected chi connectivity index (χ4v) is 2.68. The van der Waals surface area contributed by atoms with E-state index in [-0.39, 0.29) is 0 Å². The number of nitrogens with two attached hydrogens (primary N) is 1. The van der Waals surface area contributed by atoms with E-state index in [1.807, 2.05) is 30.3 Å². The second-order valence-corrected chi connectivity index (χ2v) is 5.89. The minimum absolute atomic E-state index is 0.617. The van der Waals surface area contributed by atoms with E-state index in [9.17, 15) is 0 Å².